The average molecular weight is 196 g/mol. The zero-order valence-electron chi connectivity index (χ0n) is 8.40. The van der Waals surface area contributed by atoms with E-state index in [0.717, 1.165) is 25.2 Å². The zero-order chi connectivity index (χ0) is 10.0. The molecule has 0 amide bonds. The van der Waals surface area contributed by atoms with Crippen LogP contribution < -0.4 is 0 Å². The highest BCUT2D eigenvalue weighted by Crippen LogP contribution is 2.30. The van der Waals surface area contributed by atoms with Gasteiger partial charge in [0.2, 0.25) is 0 Å². The first-order chi connectivity index (χ1) is 6.71. The Kier molecular flexibility index (Phi) is 2.61. The number of ether oxygens (including phenoxy) is 1. The predicted octanol–water partition coefficient (Wildman–Crippen LogP) is 1.75. The van der Waals surface area contributed by atoms with Crippen LogP contribution in [0.1, 0.15) is 25.5 Å². The monoisotopic (exact) mass is 196 g/mol. The molecule has 2 rings (SSSR count). The summed E-state index contributed by atoms with van der Waals surface area (Å²) in [5.74, 6) is 0.814. The molecule has 3 nitrogen and oxygen atoms in total. The molecule has 0 aliphatic carbocycles. The molecular formula is C11H16O3. The third-order valence-corrected chi connectivity index (χ3v) is 2.93. The molecule has 1 aromatic rings. The summed E-state index contributed by atoms with van der Waals surface area (Å²) in [6.07, 6.45) is 3.64. The highest BCUT2D eigenvalue weighted by Gasteiger charge is 2.37. The van der Waals surface area contributed by atoms with Crippen LogP contribution in [-0.4, -0.2) is 23.4 Å². The summed E-state index contributed by atoms with van der Waals surface area (Å²) in [5, 5.41) is 10.00. The Labute approximate surface area is 83.7 Å². The fourth-order valence-corrected chi connectivity index (χ4v) is 1.90. The SMILES string of the molecule is CC1(C(O)Cc2ccco2)CCCO1. The van der Waals surface area contributed by atoms with Gasteiger partial charge in [0.1, 0.15) is 5.76 Å². The highest BCUT2D eigenvalue weighted by molar-refractivity contribution is 5.02. The smallest absolute Gasteiger partial charge is 0.106 e. The van der Waals surface area contributed by atoms with Gasteiger partial charge in [0, 0.05) is 13.0 Å². The molecule has 78 valence electrons. The molecule has 1 aliphatic heterocycles. The largest absolute Gasteiger partial charge is 0.469 e. The van der Waals surface area contributed by atoms with Gasteiger partial charge in [-0.15, -0.1) is 0 Å². The lowest BCUT2D eigenvalue weighted by molar-refractivity contribution is -0.0783. The second-order valence-electron chi connectivity index (χ2n) is 4.06. The van der Waals surface area contributed by atoms with Crippen LogP contribution in [0, 0.1) is 0 Å². The Morgan fingerprint density at radius 1 is 1.64 bits per heavy atom. The van der Waals surface area contributed by atoms with Gasteiger partial charge in [-0.2, -0.15) is 0 Å². The van der Waals surface area contributed by atoms with Gasteiger partial charge < -0.3 is 14.3 Å². The van der Waals surface area contributed by atoms with Crippen LogP contribution in [0.15, 0.2) is 22.8 Å². The fourth-order valence-electron chi connectivity index (χ4n) is 1.90. The Morgan fingerprint density at radius 3 is 3.07 bits per heavy atom. The van der Waals surface area contributed by atoms with Crippen LogP contribution in [0.3, 0.4) is 0 Å². The van der Waals surface area contributed by atoms with E-state index < -0.39 is 6.10 Å². The van der Waals surface area contributed by atoms with Gasteiger partial charge in [0.15, 0.2) is 0 Å². The molecule has 1 saturated heterocycles. The molecule has 0 spiro atoms. The maximum absolute atomic E-state index is 10.00. The van der Waals surface area contributed by atoms with Gasteiger partial charge in [0.25, 0.3) is 0 Å². The van der Waals surface area contributed by atoms with Gasteiger partial charge in [0.05, 0.1) is 18.0 Å². The average Bonchev–Trinajstić information content (AvgIpc) is 2.76. The Balaban J connectivity index is 1.98. The molecule has 0 radical (unpaired) electrons. The fraction of sp³-hybridized carbons (Fsp3) is 0.636. The van der Waals surface area contributed by atoms with Crippen molar-refractivity contribution in [3.8, 4) is 0 Å². The maximum atomic E-state index is 10.00. The Bertz CT molecular complexity index is 273. The van der Waals surface area contributed by atoms with E-state index in [2.05, 4.69) is 0 Å². The minimum Gasteiger partial charge on any atom is -0.469 e. The van der Waals surface area contributed by atoms with Crippen molar-refractivity contribution in [2.24, 2.45) is 0 Å². The van der Waals surface area contributed by atoms with Crippen molar-refractivity contribution >= 4 is 0 Å². The van der Waals surface area contributed by atoms with Crippen molar-refractivity contribution in [1.82, 2.24) is 0 Å². The Morgan fingerprint density at radius 2 is 2.50 bits per heavy atom. The summed E-state index contributed by atoms with van der Waals surface area (Å²) >= 11 is 0. The van der Waals surface area contributed by atoms with Crippen LogP contribution in [0.25, 0.3) is 0 Å². The molecule has 1 fully saturated rings. The normalized spacial score (nSPS) is 29.3. The minimum atomic E-state index is -0.476. The molecular weight excluding hydrogens is 180 g/mol. The molecule has 2 unspecified atom stereocenters. The van der Waals surface area contributed by atoms with E-state index in [1.807, 2.05) is 19.1 Å². The number of furan rings is 1. The van der Waals surface area contributed by atoms with Crippen molar-refractivity contribution in [1.29, 1.82) is 0 Å². The molecule has 3 heteroatoms. The van der Waals surface area contributed by atoms with E-state index in [1.165, 1.54) is 0 Å². The first kappa shape index (κ1) is 9.74. The minimum absolute atomic E-state index is 0.382. The van der Waals surface area contributed by atoms with Crippen LogP contribution in [-0.2, 0) is 11.2 Å². The number of aliphatic hydroxyl groups excluding tert-OH is 1. The van der Waals surface area contributed by atoms with Crippen molar-refractivity contribution in [3.63, 3.8) is 0 Å². The van der Waals surface area contributed by atoms with E-state index in [-0.39, 0.29) is 5.60 Å². The second-order valence-corrected chi connectivity index (χ2v) is 4.06. The van der Waals surface area contributed by atoms with Crippen LogP contribution in [0.2, 0.25) is 0 Å². The van der Waals surface area contributed by atoms with Gasteiger partial charge in [-0.1, -0.05) is 0 Å². The number of hydrogen-bond donors (Lipinski definition) is 1. The summed E-state index contributed by atoms with van der Waals surface area (Å²) in [6.45, 7) is 2.72. The molecule has 0 aromatic carbocycles. The Hall–Kier alpha value is -0.800. The molecule has 0 bridgehead atoms. The first-order valence-electron chi connectivity index (χ1n) is 5.05. The number of hydrogen-bond acceptors (Lipinski definition) is 3. The highest BCUT2D eigenvalue weighted by atomic mass is 16.5. The van der Waals surface area contributed by atoms with Crippen molar-refractivity contribution < 1.29 is 14.3 Å². The molecule has 14 heavy (non-hydrogen) atoms. The van der Waals surface area contributed by atoms with E-state index in [0.29, 0.717) is 6.42 Å². The van der Waals surface area contributed by atoms with Crippen molar-refractivity contribution in [2.75, 3.05) is 6.61 Å². The topological polar surface area (TPSA) is 42.6 Å². The van der Waals surface area contributed by atoms with E-state index >= 15 is 0 Å². The third-order valence-electron chi connectivity index (χ3n) is 2.93. The summed E-state index contributed by atoms with van der Waals surface area (Å²) in [5.41, 5.74) is -0.382. The predicted molar refractivity (Wildman–Crippen MR) is 52.0 cm³/mol. The molecule has 0 saturated carbocycles. The van der Waals surface area contributed by atoms with E-state index in [1.54, 1.807) is 6.26 Å². The molecule has 1 N–H and O–H groups in total. The molecule has 1 aromatic heterocycles. The molecule has 2 atom stereocenters. The second kappa shape index (κ2) is 3.75. The standard InChI is InChI=1S/C11H16O3/c1-11(5-3-7-14-11)10(12)8-9-4-2-6-13-9/h2,4,6,10,12H,3,5,7-8H2,1H3. The maximum Gasteiger partial charge on any atom is 0.106 e. The van der Waals surface area contributed by atoms with Gasteiger partial charge >= 0.3 is 0 Å². The van der Waals surface area contributed by atoms with E-state index in [9.17, 15) is 5.11 Å². The lowest BCUT2D eigenvalue weighted by Crippen LogP contribution is -2.39. The lowest BCUT2D eigenvalue weighted by atomic mass is 9.93. The van der Waals surface area contributed by atoms with Gasteiger partial charge in [-0.25, -0.2) is 0 Å². The first-order valence-corrected chi connectivity index (χ1v) is 5.05. The van der Waals surface area contributed by atoms with Crippen LogP contribution in [0.4, 0.5) is 0 Å². The van der Waals surface area contributed by atoms with E-state index in [4.69, 9.17) is 9.15 Å². The lowest BCUT2D eigenvalue weighted by Gasteiger charge is -2.28. The zero-order valence-corrected chi connectivity index (χ0v) is 8.40. The molecule has 1 aliphatic rings. The molecule has 2 heterocycles. The summed E-state index contributed by atoms with van der Waals surface area (Å²) in [7, 11) is 0. The third kappa shape index (κ3) is 1.83. The summed E-state index contributed by atoms with van der Waals surface area (Å²) in [4.78, 5) is 0. The van der Waals surface area contributed by atoms with Crippen LogP contribution >= 0.6 is 0 Å². The quantitative estimate of drug-likeness (QED) is 0.800. The number of aliphatic hydroxyl groups is 1. The summed E-state index contributed by atoms with van der Waals surface area (Å²) in [6, 6.07) is 3.71. The summed E-state index contributed by atoms with van der Waals surface area (Å²) < 4.78 is 10.8. The van der Waals surface area contributed by atoms with Crippen molar-refractivity contribution in [2.45, 2.75) is 37.9 Å². The van der Waals surface area contributed by atoms with Crippen LogP contribution in [0.5, 0.6) is 0 Å². The van der Waals surface area contributed by atoms with Gasteiger partial charge in [-0.3, -0.25) is 0 Å². The van der Waals surface area contributed by atoms with Crippen molar-refractivity contribution in [3.05, 3.63) is 24.2 Å². The number of rotatable bonds is 3. The van der Waals surface area contributed by atoms with Gasteiger partial charge in [-0.05, 0) is 31.9 Å².